The molecule has 0 bridgehead atoms. The van der Waals surface area contributed by atoms with Gasteiger partial charge in [0.1, 0.15) is 0 Å². The summed E-state index contributed by atoms with van der Waals surface area (Å²) in [5, 5.41) is 1.08. The van der Waals surface area contributed by atoms with Gasteiger partial charge >= 0.3 is 5.97 Å². The summed E-state index contributed by atoms with van der Waals surface area (Å²) in [5.41, 5.74) is 4.86. The lowest BCUT2D eigenvalue weighted by Gasteiger charge is -2.24. The van der Waals surface area contributed by atoms with Crippen molar-refractivity contribution in [3.63, 3.8) is 0 Å². The first-order valence-electron chi connectivity index (χ1n) is 10.8. The highest BCUT2D eigenvalue weighted by atomic mass is 32.1. The third-order valence-electron chi connectivity index (χ3n) is 6.04. The number of ether oxygens (including phenoxy) is 1. The maximum atomic E-state index is 13.6. The van der Waals surface area contributed by atoms with Crippen molar-refractivity contribution in [1.29, 1.82) is 0 Å². The zero-order chi connectivity index (χ0) is 23.1. The molecule has 0 saturated heterocycles. The predicted octanol–water partition coefficient (Wildman–Crippen LogP) is 3.45. The molecule has 0 spiro atoms. The number of benzene rings is 2. The van der Waals surface area contributed by atoms with E-state index < -0.39 is 12.0 Å². The number of hydrogen-bond donors (Lipinski definition) is 1. The van der Waals surface area contributed by atoms with E-state index >= 15 is 0 Å². The Balaban J connectivity index is 1.75. The summed E-state index contributed by atoms with van der Waals surface area (Å²) in [6.45, 7) is 3.91. The average Bonchev–Trinajstić information content (AvgIpc) is 3.39. The third kappa shape index (κ3) is 3.45. The van der Waals surface area contributed by atoms with E-state index in [2.05, 4.69) is 29.0 Å². The van der Waals surface area contributed by atoms with Crippen LogP contribution in [-0.2, 0) is 16.0 Å². The number of allylic oxidation sites excluding steroid dienone is 1. The van der Waals surface area contributed by atoms with Crippen LogP contribution in [0, 0.1) is 0 Å². The monoisotopic (exact) mass is 457 g/mol. The summed E-state index contributed by atoms with van der Waals surface area (Å²) in [6.07, 6.45) is 4.76. The fourth-order valence-corrected chi connectivity index (χ4v) is 5.47. The van der Waals surface area contributed by atoms with Gasteiger partial charge in [-0.3, -0.25) is 9.36 Å². The number of aromatic amines is 1. The molecular formula is C26H23N3O3S. The first-order valence-corrected chi connectivity index (χ1v) is 11.6. The number of carbonyl (C=O) groups is 1. The number of para-hydroxylation sites is 1. The molecule has 5 rings (SSSR count). The average molecular weight is 458 g/mol. The molecule has 0 amide bonds. The molecule has 2 aromatic carbocycles. The Morgan fingerprint density at radius 1 is 1.21 bits per heavy atom. The summed E-state index contributed by atoms with van der Waals surface area (Å²) in [6, 6.07) is 15.1. The third-order valence-corrected chi connectivity index (χ3v) is 7.03. The van der Waals surface area contributed by atoms with Crippen molar-refractivity contribution in [1.82, 2.24) is 9.55 Å². The van der Waals surface area contributed by atoms with Gasteiger partial charge in [0.15, 0.2) is 4.80 Å². The lowest BCUT2D eigenvalue weighted by Crippen LogP contribution is -2.39. The van der Waals surface area contributed by atoms with Crippen molar-refractivity contribution in [2.75, 3.05) is 7.11 Å². The number of nitrogens with one attached hydrogen (secondary N) is 1. The number of hydrogen-bond acceptors (Lipinski definition) is 5. The van der Waals surface area contributed by atoms with E-state index in [-0.39, 0.29) is 5.56 Å². The highest BCUT2D eigenvalue weighted by molar-refractivity contribution is 7.07. The van der Waals surface area contributed by atoms with Crippen LogP contribution in [0.15, 0.2) is 75.8 Å². The van der Waals surface area contributed by atoms with Gasteiger partial charge in [-0.1, -0.05) is 66.8 Å². The van der Waals surface area contributed by atoms with Crippen LogP contribution in [0.3, 0.4) is 0 Å². The molecule has 2 aromatic heterocycles. The maximum absolute atomic E-state index is 13.6. The van der Waals surface area contributed by atoms with E-state index in [1.165, 1.54) is 24.0 Å². The Labute approximate surface area is 194 Å². The smallest absolute Gasteiger partial charge is 0.338 e. The second kappa shape index (κ2) is 8.33. The van der Waals surface area contributed by atoms with Crippen molar-refractivity contribution in [2.24, 2.45) is 4.99 Å². The van der Waals surface area contributed by atoms with Crippen LogP contribution in [0.25, 0.3) is 17.0 Å². The quantitative estimate of drug-likeness (QED) is 0.477. The number of esters is 1. The predicted molar refractivity (Wildman–Crippen MR) is 130 cm³/mol. The molecule has 33 heavy (non-hydrogen) atoms. The molecule has 0 aliphatic carbocycles. The molecule has 4 aromatic rings. The minimum absolute atomic E-state index is 0.178. The van der Waals surface area contributed by atoms with Crippen LogP contribution in [0.1, 0.15) is 36.6 Å². The Bertz CT molecular complexity index is 1590. The Morgan fingerprint density at radius 3 is 2.73 bits per heavy atom. The number of methoxy groups -OCH3 is 1. The molecule has 1 unspecified atom stereocenters. The normalized spacial score (nSPS) is 16.1. The number of carbonyl (C=O) groups excluding carboxylic acids is 1. The van der Waals surface area contributed by atoms with E-state index in [1.54, 1.807) is 11.5 Å². The number of thiazole rings is 1. The summed E-state index contributed by atoms with van der Waals surface area (Å²) in [4.78, 5) is 34.9. The number of aryl methyl sites for hydroxylation is 1. The van der Waals surface area contributed by atoms with Gasteiger partial charge in [-0.15, -0.1) is 0 Å². The molecule has 6 nitrogen and oxygen atoms in total. The summed E-state index contributed by atoms with van der Waals surface area (Å²) in [7, 11) is 1.34. The zero-order valence-corrected chi connectivity index (χ0v) is 19.4. The van der Waals surface area contributed by atoms with Gasteiger partial charge in [-0.05, 0) is 30.5 Å². The summed E-state index contributed by atoms with van der Waals surface area (Å²) < 4.78 is 7.22. The van der Waals surface area contributed by atoms with E-state index in [1.807, 2.05) is 48.7 Å². The van der Waals surface area contributed by atoms with Crippen LogP contribution in [-0.4, -0.2) is 22.6 Å². The van der Waals surface area contributed by atoms with Crippen LogP contribution >= 0.6 is 11.3 Å². The fourth-order valence-electron chi connectivity index (χ4n) is 4.44. The van der Waals surface area contributed by atoms with E-state index in [9.17, 15) is 9.59 Å². The van der Waals surface area contributed by atoms with Crippen LogP contribution in [0.4, 0.5) is 0 Å². The molecule has 1 aliphatic heterocycles. The minimum atomic E-state index is -0.591. The summed E-state index contributed by atoms with van der Waals surface area (Å²) in [5.74, 6) is -0.483. The first-order chi connectivity index (χ1) is 16.0. The number of H-pyrrole nitrogens is 1. The highest BCUT2D eigenvalue weighted by Crippen LogP contribution is 2.30. The molecule has 3 heterocycles. The Kier molecular flexibility index (Phi) is 5.34. The Morgan fingerprint density at radius 2 is 2.00 bits per heavy atom. The number of nitrogens with zero attached hydrogens (tertiary/aromatic N) is 2. The molecular weight excluding hydrogens is 434 g/mol. The largest absolute Gasteiger partial charge is 0.466 e. The molecule has 0 fully saturated rings. The van der Waals surface area contributed by atoms with Gasteiger partial charge in [0.05, 0.1) is 29.0 Å². The molecule has 0 saturated carbocycles. The zero-order valence-electron chi connectivity index (χ0n) is 18.6. The second-order valence-corrected chi connectivity index (χ2v) is 8.93. The Hall–Kier alpha value is -3.71. The van der Waals surface area contributed by atoms with Crippen LogP contribution in [0.5, 0.6) is 0 Å². The number of aromatic nitrogens is 2. The van der Waals surface area contributed by atoms with E-state index in [0.717, 1.165) is 28.5 Å². The maximum Gasteiger partial charge on any atom is 0.338 e. The molecule has 166 valence electrons. The van der Waals surface area contributed by atoms with Gasteiger partial charge < -0.3 is 9.72 Å². The molecule has 0 radical (unpaired) electrons. The van der Waals surface area contributed by atoms with Crippen molar-refractivity contribution >= 4 is 34.3 Å². The molecule has 1 atom stereocenters. The summed E-state index contributed by atoms with van der Waals surface area (Å²) >= 11 is 1.33. The van der Waals surface area contributed by atoms with Gasteiger partial charge in [-0.25, -0.2) is 9.79 Å². The van der Waals surface area contributed by atoms with Crippen molar-refractivity contribution in [3.05, 3.63) is 102 Å². The minimum Gasteiger partial charge on any atom is -0.466 e. The van der Waals surface area contributed by atoms with Gasteiger partial charge in [0.25, 0.3) is 5.56 Å². The molecule has 7 heteroatoms. The standard InChI is InChI=1S/C26H23N3O3S/c1-4-16-11-8-12-19-18(14-27-22(16)19)13-20-24(30)29-23(17-9-6-5-7-10-17)21(25(31)32-3)15(2)28-26(29)33-20/h5-14,23,27H,4H2,1-3H3. The number of fused-ring (bicyclic) bond motifs is 2. The van der Waals surface area contributed by atoms with E-state index in [0.29, 0.717) is 20.6 Å². The molecule has 1 aliphatic rings. The topological polar surface area (TPSA) is 76.4 Å². The number of rotatable bonds is 4. The second-order valence-electron chi connectivity index (χ2n) is 7.92. The van der Waals surface area contributed by atoms with Crippen molar-refractivity contribution < 1.29 is 9.53 Å². The lowest BCUT2D eigenvalue weighted by molar-refractivity contribution is -0.136. The van der Waals surface area contributed by atoms with Crippen molar-refractivity contribution in [2.45, 2.75) is 26.3 Å². The highest BCUT2D eigenvalue weighted by Gasteiger charge is 2.32. The molecule has 1 N–H and O–H groups in total. The first kappa shape index (κ1) is 21.2. The van der Waals surface area contributed by atoms with Crippen LogP contribution in [0.2, 0.25) is 0 Å². The van der Waals surface area contributed by atoms with E-state index in [4.69, 9.17) is 4.74 Å². The van der Waals surface area contributed by atoms with Gasteiger partial charge in [0, 0.05) is 22.7 Å². The van der Waals surface area contributed by atoms with Crippen LogP contribution < -0.4 is 14.9 Å². The van der Waals surface area contributed by atoms with Gasteiger partial charge in [-0.2, -0.15) is 0 Å². The van der Waals surface area contributed by atoms with Gasteiger partial charge in [0.2, 0.25) is 0 Å². The SMILES string of the molecule is CCc1cccc2c(C=c3sc4n(c3=O)C(c3ccccc3)C(C(=O)OC)=C(C)N=4)c[nH]c12. The van der Waals surface area contributed by atoms with Crippen molar-refractivity contribution in [3.8, 4) is 0 Å². The fraction of sp³-hybridized carbons (Fsp3) is 0.192. The lowest BCUT2D eigenvalue weighted by atomic mass is 9.96.